The summed E-state index contributed by atoms with van der Waals surface area (Å²) in [4.78, 5) is 8.68. The lowest BCUT2D eigenvalue weighted by atomic mass is 10.00. The minimum atomic E-state index is 0.749. The highest BCUT2D eigenvalue weighted by Gasteiger charge is 2.10. The summed E-state index contributed by atoms with van der Waals surface area (Å²) in [5, 5.41) is 0. The van der Waals surface area contributed by atoms with Crippen LogP contribution in [0.5, 0.6) is 11.5 Å². The lowest BCUT2D eigenvalue weighted by Crippen LogP contribution is -2.01. The summed E-state index contributed by atoms with van der Waals surface area (Å²) in [5.41, 5.74) is 4.51. The van der Waals surface area contributed by atoms with Crippen LogP contribution in [0, 0.1) is 20.8 Å². The second kappa shape index (κ2) is 5.90. The standard InChI is InChI=1S/C16H20N2O2/c1-10-6-15(19-4)16(20-5)8-13(10)7-14-9-17-12(3)18-11(14)2/h6,8-9H,7H2,1-5H3. The van der Waals surface area contributed by atoms with Gasteiger partial charge in [0.25, 0.3) is 0 Å². The second-order valence-corrected chi connectivity index (χ2v) is 4.84. The molecule has 0 saturated carbocycles. The van der Waals surface area contributed by atoms with Crippen molar-refractivity contribution in [3.05, 3.63) is 46.5 Å². The van der Waals surface area contributed by atoms with Crippen molar-refractivity contribution in [2.75, 3.05) is 14.2 Å². The molecule has 2 aromatic rings. The molecule has 4 heteroatoms. The Labute approximate surface area is 119 Å². The molecule has 1 aromatic carbocycles. The summed E-state index contributed by atoms with van der Waals surface area (Å²) in [6.07, 6.45) is 2.69. The molecule has 1 aromatic heterocycles. The summed E-state index contributed by atoms with van der Waals surface area (Å²) < 4.78 is 10.7. The molecule has 0 aliphatic rings. The van der Waals surface area contributed by atoms with Crippen LogP contribution in [0.3, 0.4) is 0 Å². The van der Waals surface area contributed by atoms with Crippen LogP contribution in [0.1, 0.15) is 28.2 Å². The van der Waals surface area contributed by atoms with Gasteiger partial charge < -0.3 is 9.47 Å². The Bertz CT molecular complexity index is 624. The van der Waals surface area contributed by atoms with Gasteiger partial charge in [0.05, 0.1) is 14.2 Å². The van der Waals surface area contributed by atoms with Crippen LogP contribution in [-0.2, 0) is 6.42 Å². The van der Waals surface area contributed by atoms with Crippen LogP contribution < -0.4 is 9.47 Å². The topological polar surface area (TPSA) is 44.2 Å². The Morgan fingerprint density at radius 2 is 1.60 bits per heavy atom. The van der Waals surface area contributed by atoms with E-state index in [9.17, 15) is 0 Å². The molecule has 0 saturated heterocycles. The molecule has 20 heavy (non-hydrogen) atoms. The third-order valence-corrected chi connectivity index (χ3v) is 3.42. The smallest absolute Gasteiger partial charge is 0.161 e. The summed E-state index contributed by atoms with van der Waals surface area (Å²) in [6.45, 7) is 5.99. The third-order valence-electron chi connectivity index (χ3n) is 3.42. The molecule has 0 spiro atoms. The second-order valence-electron chi connectivity index (χ2n) is 4.84. The van der Waals surface area contributed by atoms with E-state index in [2.05, 4.69) is 16.9 Å². The zero-order valence-corrected chi connectivity index (χ0v) is 12.7. The van der Waals surface area contributed by atoms with Crippen molar-refractivity contribution >= 4 is 0 Å². The molecule has 2 rings (SSSR count). The minimum absolute atomic E-state index is 0.749. The first-order chi connectivity index (χ1) is 9.55. The molecule has 1 heterocycles. The van der Waals surface area contributed by atoms with Gasteiger partial charge in [-0.2, -0.15) is 0 Å². The molecule has 0 aliphatic carbocycles. The highest BCUT2D eigenvalue weighted by molar-refractivity contribution is 5.48. The van der Waals surface area contributed by atoms with Crippen LogP contribution in [0.15, 0.2) is 18.3 Å². The number of rotatable bonds is 4. The predicted octanol–water partition coefficient (Wildman–Crippen LogP) is 3.01. The van der Waals surface area contributed by atoms with Gasteiger partial charge in [0.2, 0.25) is 0 Å². The molecule has 0 bridgehead atoms. The lowest BCUT2D eigenvalue weighted by Gasteiger charge is -2.13. The highest BCUT2D eigenvalue weighted by Crippen LogP contribution is 2.31. The average Bonchev–Trinajstić information content (AvgIpc) is 2.43. The van der Waals surface area contributed by atoms with Gasteiger partial charge in [-0.1, -0.05) is 0 Å². The molecule has 0 unspecified atom stereocenters. The maximum atomic E-state index is 5.36. The minimum Gasteiger partial charge on any atom is -0.493 e. The van der Waals surface area contributed by atoms with E-state index < -0.39 is 0 Å². The lowest BCUT2D eigenvalue weighted by molar-refractivity contribution is 0.354. The van der Waals surface area contributed by atoms with Gasteiger partial charge in [-0.05, 0) is 49.6 Å². The first kappa shape index (κ1) is 14.3. The fourth-order valence-electron chi connectivity index (χ4n) is 2.20. The van der Waals surface area contributed by atoms with Gasteiger partial charge in [-0.15, -0.1) is 0 Å². The van der Waals surface area contributed by atoms with E-state index >= 15 is 0 Å². The Balaban J connectivity index is 2.38. The number of hydrogen-bond acceptors (Lipinski definition) is 4. The monoisotopic (exact) mass is 272 g/mol. The number of hydrogen-bond donors (Lipinski definition) is 0. The van der Waals surface area contributed by atoms with Gasteiger partial charge in [-0.25, -0.2) is 9.97 Å². The van der Waals surface area contributed by atoms with E-state index in [0.717, 1.165) is 35.0 Å². The quantitative estimate of drug-likeness (QED) is 0.858. The summed E-state index contributed by atoms with van der Waals surface area (Å²) in [5.74, 6) is 2.31. The fourth-order valence-corrected chi connectivity index (χ4v) is 2.20. The molecule has 0 radical (unpaired) electrons. The Morgan fingerprint density at radius 1 is 0.950 bits per heavy atom. The van der Waals surface area contributed by atoms with Crippen molar-refractivity contribution in [2.24, 2.45) is 0 Å². The first-order valence-electron chi connectivity index (χ1n) is 6.55. The van der Waals surface area contributed by atoms with Crippen LogP contribution >= 0.6 is 0 Å². The molecule has 0 amide bonds. The fraction of sp³-hybridized carbons (Fsp3) is 0.375. The first-order valence-corrected chi connectivity index (χ1v) is 6.55. The average molecular weight is 272 g/mol. The van der Waals surface area contributed by atoms with Crippen molar-refractivity contribution in [3.8, 4) is 11.5 Å². The van der Waals surface area contributed by atoms with Crippen LogP contribution in [0.2, 0.25) is 0 Å². The maximum Gasteiger partial charge on any atom is 0.161 e. The van der Waals surface area contributed by atoms with Crippen LogP contribution in [0.25, 0.3) is 0 Å². The Hall–Kier alpha value is -2.10. The van der Waals surface area contributed by atoms with E-state index in [1.807, 2.05) is 32.2 Å². The van der Waals surface area contributed by atoms with Gasteiger partial charge in [0.15, 0.2) is 11.5 Å². The largest absolute Gasteiger partial charge is 0.493 e. The number of aromatic nitrogens is 2. The number of benzene rings is 1. The Kier molecular flexibility index (Phi) is 4.23. The van der Waals surface area contributed by atoms with Crippen LogP contribution in [0.4, 0.5) is 0 Å². The summed E-state index contributed by atoms with van der Waals surface area (Å²) in [7, 11) is 3.30. The van der Waals surface area contributed by atoms with Crippen molar-refractivity contribution < 1.29 is 9.47 Å². The van der Waals surface area contributed by atoms with Gasteiger partial charge in [0.1, 0.15) is 5.82 Å². The van der Waals surface area contributed by atoms with E-state index in [4.69, 9.17) is 9.47 Å². The third kappa shape index (κ3) is 2.90. The number of ether oxygens (including phenoxy) is 2. The van der Waals surface area contributed by atoms with Gasteiger partial charge in [-0.3, -0.25) is 0 Å². The molecule has 0 aliphatic heterocycles. The molecule has 106 valence electrons. The SMILES string of the molecule is COc1cc(C)c(Cc2cnc(C)nc2C)cc1OC. The molecular formula is C16H20N2O2. The molecule has 0 atom stereocenters. The number of nitrogens with zero attached hydrogens (tertiary/aromatic N) is 2. The normalized spacial score (nSPS) is 10.4. The Morgan fingerprint density at radius 3 is 2.20 bits per heavy atom. The zero-order valence-electron chi connectivity index (χ0n) is 12.7. The summed E-state index contributed by atoms with van der Waals surface area (Å²) in [6, 6.07) is 4.02. The van der Waals surface area contributed by atoms with Crippen molar-refractivity contribution in [1.29, 1.82) is 0 Å². The summed E-state index contributed by atoms with van der Waals surface area (Å²) >= 11 is 0. The van der Waals surface area contributed by atoms with E-state index in [-0.39, 0.29) is 0 Å². The van der Waals surface area contributed by atoms with E-state index in [0.29, 0.717) is 0 Å². The highest BCUT2D eigenvalue weighted by atomic mass is 16.5. The van der Waals surface area contributed by atoms with Crippen LogP contribution in [-0.4, -0.2) is 24.2 Å². The number of aryl methyl sites for hydroxylation is 3. The maximum absolute atomic E-state index is 5.36. The van der Waals surface area contributed by atoms with Crippen molar-refractivity contribution in [3.63, 3.8) is 0 Å². The van der Waals surface area contributed by atoms with Crippen molar-refractivity contribution in [2.45, 2.75) is 27.2 Å². The van der Waals surface area contributed by atoms with Gasteiger partial charge in [0, 0.05) is 18.3 Å². The molecular weight excluding hydrogens is 252 g/mol. The van der Waals surface area contributed by atoms with E-state index in [1.165, 1.54) is 11.1 Å². The molecule has 4 nitrogen and oxygen atoms in total. The predicted molar refractivity (Wildman–Crippen MR) is 78.6 cm³/mol. The zero-order chi connectivity index (χ0) is 14.7. The van der Waals surface area contributed by atoms with Gasteiger partial charge >= 0.3 is 0 Å². The van der Waals surface area contributed by atoms with E-state index in [1.54, 1.807) is 14.2 Å². The number of methoxy groups -OCH3 is 2. The molecule has 0 N–H and O–H groups in total. The van der Waals surface area contributed by atoms with Crippen molar-refractivity contribution in [1.82, 2.24) is 9.97 Å². The molecule has 0 fully saturated rings.